The highest BCUT2D eigenvalue weighted by atomic mass is 79.9. The Morgan fingerprint density at radius 2 is 2.39 bits per heavy atom. The molecule has 0 bridgehead atoms. The quantitative estimate of drug-likeness (QED) is 0.929. The molecule has 1 aromatic carbocycles. The van der Waals surface area contributed by atoms with Gasteiger partial charge in [-0.3, -0.25) is 4.79 Å². The summed E-state index contributed by atoms with van der Waals surface area (Å²) in [6, 6.07) is 4.72. The smallest absolute Gasteiger partial charge is 0.253 e. The molecule has 0 radical (unpaired) electrons. The van der Waals surface area contributed by atoms with Crippen molar-refractivity contribution in [3.8, 4) is 0 Å². The predicted octanol–water partition coefficient (Wildman–Crippen LogP) is 2.41. The average Bonchev–Trinajstić information content (AvgIpc) is 2.84. The molecular weight excluding hydrogens is 299 g/mol. The van der Waals surface area contributed by atoms with Gasteiger partial charge in [-0.1, -0.05) is 0 Å². The number of amides is 1. The maximum Gasteiger partial charge on any atom is 0.253 e. The lowest BCUT2D eigenvalue weighted by molar-refractivity contribution is 0.0783. The molecule has 18 heavy (non-hydrogen) atoms. The van der Waals surface area contributed by atoms with Crippen LogP contribution >= 0.6 is 15.9 Å². The second-order valence-corrected chi connectivity index (χ2v) is 5.46. The van der Waals surface area contributed by atoms with Gasteiger partial charge < -0.3 is 10.2 Å². The largest absolute Gasteiger partial charge is 0.340 e. The molecule has 1 atom stereocenters. The van der Waals surface area contributed by atoms with E-state index in [9.17, 15) is 9.18 Å². The summed E-state index contributed by atoms with van der Waals surface area (Å²) in [5.74, 6) is -0.434. The Kier molecular flexibility index (Phi) is 4.35. The van der Waals surface area contributed by atoms with E-state index in [-0.39, 0.29) is 11.7 Å². The highest BCUT2D eigenvalue weighted by molar-refractivity contribution is 9.10. The van der Waals surface area contributed by atoms with E-state index in [1.165, 1.54) is 18.2 Å². The van der Waals surface area contributed by atoms with Gasteiger partial charge in [0.2, 0.25) is 0 Å². The van der Waals surface area contributed by atoms with E-state index in [1.807, 2.05) is 0 Å². The van der Waals surface area contributed by atoms with Crippen molar-refractivity contribution < 1.29 is 9.18 Å². The minimum absolute atomic E-state index is 0.0793. The van der Waals surface area contributed by atoms with E-state index in [1.54, 1.807) is 11.9 Å². The molecule has 2 rings (SSSR count). The number of nitrogens with one attached hydrogen (secondary N) is 1. The van der Waals surface area contributed by atoms with Gasteiger partial charge >= 0.3 is 0 Å². The zero-order valence-corrected chi connectivity index (χ0v) is 11.8. The Balaban J connectivity index is 2.02. The monoisotopic (exact) mass is 314 g/mol. The molecule has 1 saturated heterocycles. The van der Waals surface area contributed by atoms with Crippen LogP contribution in [0.1, 0.15) is 23.2 Å². The lowest BCUT2D eigenvalue weighted by Gasteiger charge is -2.21. The highest BCUT2D eigenvalue weighted by Gasteiger charge is 2.20. The molecular formula is C13H16BrFN2O. The summed E-state index contributed by atoms with van der Waals surface area (Å²) in [5.41, 5.74) is 0.503. The van der Waals surface area contributed by atoms with E-state index >= 15 is 0 Å². The van der Waals surface area contributed by atoms with Crippen molar-refractivity contribution in [2.24, 2.45) is 0 Å². The number of halogens is 2. The first-order chi connectivity index (χ1) is 8.58. The highest BCUT2D eigenvalue weighted by Crippen LogP contribution is 2.18. The minimum atomic E-state index is -0.355. The van der Waals surface area contributed by atoms with Crippen LogP contribution in [0.5, 0.6) is 0 Å². The van der Waals surface area contributed by atoms with Crippen molar-refractivity contribution >= 4 is 21.8 Å². The molecule has 0 aromatic heterocycles. The summed E-state index contributed by atoms with van der Waals surface area (Å²) in [7, 11) is 1.78. The molecule has 0 spiro atoms. The van der Waals surface area contributed by atoms with E-state index in [0.29, 0.717) is 22.6 Å². The van der Waals surface area contributed by atoms with Crippen molar-refractivity contribution in [1.82, 2.24) is 10.2 Å². The molecule has 1 fully saturated rings. The lowest BCUT2D eigenvalue weighted by atomic mass is 10.1. The average molecular weight is 315 g/mol. The number of benzene rings is 1. The fraction of sp³-hybridized carbons (Fsp3) is 0.462. The summed E-state index contributed by atoms with van der Waals surface area (Å²) in [5, 5.41) is 3.35. The van der Waals surface area contributed by atoms with Crippen LogP contribution in [0.2, 0.25) is 0 Å². The molecule has 1 aromatic rings. The molecule has 1 heterocycles. The number of hydrogen-bond acceptors (Lipinski definition) is 2. The topological polar surface area (TPSA) is 32.3 Å². The Labute approximate surface area is 114 Å². The van der Waals surface area contributed by atoms with Crippen molar-refractivity contribution in [3.05, 3.63) is 34.1 Å². The third-order valence-electron chi connectivity index (χ3n) is 3.17. The van der Waals surface area contributed by atoms with Crippen LogP contribution in [-0.4, -0.2) is 37.0 Å². The number of carbonyl (C=O) groups excluding carboxylic acids is 1. The lowest BCUT2D eigenvalue weighted by Crippen LogP contribution is -2.38. The first kappa shape index (κ1) is 13.5. The van der Waals surface area contributed by atoms with Gasteiger partial charge in [-0.15, -0.1) is 0 Å². The molecule has 0 saturated carbocycles. The van der Waals surface area contributed by atoms with Gasteiger partial charge in [-0.25, -0.2) is 4.39 Å². The molecule has 1 amide bonds. The fourth-order valence-corrected chi connectivity index (χ4v) is 2.55. The number of carbonyl (C=O) groups is 1. The Bertz CT molecular complexity index is 447. The molecule has 1 aliphatic rings. The molecule has 5 heteroatoms. The summed E-state index contributed by atoms with van der Waals surface area (Å²) in [4.78, 5) is 13.8. The minimum Gasteiger partial charge on any atom is -0.340 e. The standard InChI is InChI=1S/C13H16BrFN2O/c1-17(8-10-3-2-6-16-10)13(18)9-4-5-12(15)11(14)7-9/h4-5,7,10,16H,2-3,6,8H2,1H3. The SMILES string of the molecule is CN(CC1CCCN1)C(=O)c1ccc(F)c(Br)c1. The van der Waals surface area contributed by atoms with E-state index in [4.69, 9.17) is 0 Å². The van der Waals surface area contributed by atoms with Crippen LogP contribution in [0.4, 0.5) is 4.39 Å². The summed E-state index contributed by atoms with van der Waals surface area (Å²) >= 11 is 3.09. The first-order valence-electron chi connectivity index (χ1n) is 6.02. The molecule has 1 unspecified atom stereocenters. The normalized spacial score (nSPS) is 18.9. The molecule has 98 valence electrons. The van der Waals surface area contributed by atoms with E-state index < -0.39 is 0 Å². The van der Waals surface area contributed by atoms with Crippen LogP contribution < -0.4 is 5.32 Å². The number of rotatable bonds is 3. The maximum atomic E-state index is 13.1. The van der Waals surface area contributed by atoms with Crippen LogP contribution in [0.15, 0.2) is 22.7 Å². The van der Waals surface area contributed by atoms with Crippen LogP contribution in [0, 0.1) is 5.82 Å². The van der Waals surface area contributed by atoms with E-state index in [0.717, 1.165) is 19.4 Å². The van der Waals surface area contributed by atoms with Gasteiger partial charge in [0.1, 0.15) is 5.82 Å². The van der Waals surface area contributed by atoms with Gasteiger partial charge in [-0.05, 0) is 53.5 Å². The zero-order valence-electron chi connectivity index (χ0n) is 10.2. The molecule has 0 aliphatic carbocycles. The van der Waals surface area contributed by atoms with Crippen molar-refractivity contribution in [2.45, 2.75) is 18.9 Å². The fourth-order valence-electron chi connectivity index (χ4n) is 2.18. The third kappa shape index (κ3) is 3.09. The van der Waals surface area contributed by atoms with Gasteiger partial charge in [0.15, 0.2) is 0 Å². The van der Waals surface area contributed by atoms with Gasteiger partial charge in [0.25, 0.3) is 5.91 Å². The Morgan fingerprint density at radius 3 is 3.00 bits per heavy atom. The molecule has 1 N–H and O–H groups in total. The molecule has 3 nitrogen and oxygen atoms in total. The van der Waals surface area contributed by atoms with Crippen LogP contribution in [0.3, 0.4) is 0 Å². The summed E-state index contributed by atoms with van der Waals surface area (Å²) in [6.45, 7) is 1.71. The van der Waals surface area contributed by atoms with Gasteiger partial charge in [0, 0.05) is 25.2 Å². The van der Waals surface area contributed by atoms with Gasteiger partial charge in [-0.2, -0.15) is 0 Å². The zero-order chi connectivity index (χ0) is 13.1. The maximum absolute atomic E-state index is 13.1. The van der Waals surface area contributed by atoms with Crippen LogP contribution in [-0.2, 0) is 0 Å². The summed E-state index contributed by atoms with van der Waals surface area (Å²) in [6.07, 6.45) is 2.26. The van der Waals surface area contributed by atoms with Gasteiger partial charge in [0.05, 0.1) is 4.47 Å². The Morgan fingerprint density at radius 1 is 1.61 bits per heavy atom. The second-order valence-electron chi connectivity index (χ2n) is 4.61. The van der Waals surface area contributed by atoms with Crippen molar-refractivity contribution in [3.63, 3.8) is 0 Å². The van der Waals surface area contributed by atoms with Crippen molar-refractivity contribution in [1.29, 1.82) is 0 Å². The Hall–Kier alpha value is -0.940. The van der Waals surface area contributed by atoms with Crippen LogP contribution in [0.25, 0.3) is 0 Å². The first-order valence-corrected chi connectivity index (χ1v) is 6.81. The third-order valence-corrected chi connectivity index (χ3v) is 3.78. The number of nitrogens with zero attached hydrogens (tertiary/aromatic N) is 1. The number of hydrogen-bond donors (Lipinski definition) is 1. The van der Waals surface area contributed by atoms with E-state index in [2.05, 4.69) is 21.2 Å². The summed E-state index contributed by atoms with van der Waals surface area (Å²) < 4.78 is 13.4. The second kappa shape index (κ2) is 5.80. The predicted molar refractivity (Wildman–Crippen MR) is 72.1 cm³/mol. The number of likely N-dealkylation sites (N-methyl/N-ethyl adjacent to an activating group) is 1. The molecule has 1 aliphatic heterocycles. The van der Waals surface area contributed by atoms with Crippen molar-refractivity contribution in [2.75, 3.05) is 20.1 Å².